The Labute approximate surface area is 409 Å². The van der Waals surface area contributed by atoms with Crippen molar-refractivity contribution in [2.45, 2.75) is 29.4 Å². The Bertz CT molecular complexity index is 4700. The SMILES string of the molecule is c1ccc2c(c1)Sc1cccc3c1B2c1cccc2c4c(c5c6ccc7c8c6n(c5c5c6ccc9c%10c6n(c45)-c4ccccc4B%10c4ccccc4S9)-c4ccccc4B8c4ccccc4S7)n-3c12. The topological polar surface area (TPSA) is 14.8 Å². The van der Waals surface area contributed by atoms with E-state index in [2.05, 4.69) is 196 Å². The van der Waals surface area contributed by atoms with E-state index in [-0.39, 0.29) is 20.1 Å². The molecule has 0 spiro atoms. The Kier molecular flexibility index (Phi) is 6.33. The van der Waals surface area contributed by atoms with Crippen LogP contribution >= 0.6 is 35.3 Å². The van der Waals surface area contributed by atoms with Crippen LogP contribution in [0.15, 0.2) is 211 Å². The van der Waals surface area contributed by atoms with Gasteiger partial charge in [-0.2, -0.15) is 0 Å². The number of benzene rings is 10. The number of para-hydroxylation sites is 3. The quantitative estimate of drug-likeness (QED) is 0.142. The number of rotatable bonds is 0. The van der Waals surface area contributed by atoms with Gasteiger partial charge in [-0.05, 0) is 87.4 Å². The molecule has 3 aromatic heterocycles. The molecule has 13 aromatic rings. The molecule has 0 saturated carbocycles. The van der Waals surface area contributed by atoms with Crippen LogP contribution in [0.4, 0.5) is 0 Å². The third kappa shape index (κ3) is 3.99. The van der Waals surface area contributed by atoms with Crippen LogP contribution in [0.3, 0.4) is 0 Å². The summed E-state index contributed by atoms with van der Waals surface area (Å²) in [6, 6.07) is 70.4. The molecule has 0 bridgehead atoms. The minimum absolute atomic E-state index is 0.135. The maximum absolute atomic E-state index is 2.74. The van der Waals surface area contributed by atoms with Crippen molar-refractivity contribution < 1.29 is 0 Å². The lowest BCUT2D eigenvalue weighted by atomic mass is 9.35. The highest BCUT2D eigenvalue weighted by atomic mass is 32.2. The van der Waals surface area contributed by atoms with E-state index in [9.17, 15) is 0 Å². The van der Waals surface area contributed by atoms with Crippen LogP contribution in [0, 0.1) is 0 Å². The number of fused-ring (bicyclic) bond motifs is 26. The Morgan fingerprint density at radius 1 is 0.246 bits per heavy atom. The fourth-order valence-corrected chi connectivity index (χ4v) is 17.9. The molecular formula is C60H30B3N3S3. The standard InChI is InChI=1S/C60H30B3N3S3/c1-6-20-40-34(14-1)61-36-16-3-8-23-43(36)68-47-29-27-32-50-58(64(40)56(32)53(47)61)49-31-13-11-19-39-55(31)66(42-22-12-26-46-52(42)63(39)38-18-5-10-25-45(38)67-46)60(49)51-33-28-30-48-54-57(33)65(59(50)51)41-21-7-2-15-35(41)62(54)37-17-4-9-24-44(37)69-48/h1-30H. The summed E-state index contributed by atoms with van der Waals surface area (Å²) in [4.78, 5) is 8.14. The smallest absolute Gasteiger partial charge is 0.249 e. The molecule has 0 saturated heterocycles. The predicted molar refractivity (Wildman–Crippen MR) is 295 cm³/mol. The molecule has 312 valence electrons. The molecule has 6 aliphatic rings. The molecule has 0 fully saturated rings. The zero-order valence-electron chi connectivity index (χ0n) is 36.6. The molecule has 6 aliphatic heterocycles. The van der Waals surface area contributed by atoms with Crippen molar-refractivity contribution in [1.82, 2.24) is 13.7 Å². The highest BCUT2D eigenvalue weighted by molar-refractivity contribution is 8.00. The summed E-state index contributed by atoms with van der Waals surface area (Å²) in [6.45, 7) is 0.405. The Morgan fingerprint density at radius 2 is 0.609 bits per heavy atom. The van der Waals surface area contributed by atoms with Crippen LogP contribution in [-0.2, 0) is 0 Å². The fraction of sp³-hybridized carbons (Fsp3) is 0. The molecule has 19 rings (SSSR count). The van der Waals surface area contributed by atoms with Crippen LogP contribution in [0.25, 0.3) is 82.5 Å². The average molecular weight is 922 g/mol. The van der Waals surface area contributed by atoms with Gasteiger partial charge >= 0.3 is 0 Å². The first-order valence-corrected chi connectivity index (χ1v) is 26.5. The first kappa shape index (κ1) is 35.9. The van der Waals surface area contributed by atoms with Gasteiger partial charge in [-0.25, -0.2) is 0 Å². The normalized spacial score (nSPS) is 14.7. The van der Waals surface area contributed by atoms with Crippen molar-refractivity contribution in [3.8, 4) is 17.1 Å². The molecule has 69 heavy (non-hydrogen) atoms. The molecule has 0 N–H and O–H groups in total. The number of hydrogen-bond donors (Lipinski definition) is 0. The van der Waals surface area contributed by atoms with Gasteiger partial charge < -0.3 is 13.7 Å². The lowest BCUT2D eigenvalue weighted by molar-refractivity contribution is 1.17. The van der Waals surface area contributed by atoms with E-state index in [0.29, 0.717) is 0 Å². The summed E-state index contributed by atoms with van der Waals surface area (Å²) in [5.74, 6) is 0. The van der Waals surface area contributed by atoms with E-state index in [4.69, 9.17) is 0 Å². The van der Waals surface area contributed by atoms with Gasteiger partial charge in [-0.15, -0.1) is 0 Å². The van der Waals surface area contributed by atoms with Crippen molar-refractivity contribution in [3.63, 3.8) is 0 Å². The third-order valence-electron chi connectivity index (χ3n) is 16.8. The maximum Gasteiger partial charge on any atom is 0.249 e. The molecule has 0 amide bonds. The van der Waals surface area contributed by atoms with Crippen molar-refractivity contribution in [3.05, 3.63) is 182 Å². The summed E-state index contributed by atoms with van der Waals surface area (Å²) in [7, 11) is 0. The second-order valence-corrected chi connectivity index (χ2v) is 22.9. The molecule has 0 aliphatic carbocycles. The van der Waals surface area contributed by atoms with E-state index in [1.807, 2.05) is 35.3 Å². The number of nitrogens with zero attached hydrogens (tertiary/aromatic N) is 3. The van der Waals surface area contributed by atoms with Gasteiger partial charge in [0.2, 0.25) is 20.1 Å². The van der Waals surface area contributed by atoms with E-state index in [1.54, 1.807) is 0 Å². The first-order valence-electron chi connectivity index (χ1n) is 24.0. The zero-order valence-corrected chi connectivity index (χ0v) is 39.1. The molecule has 10 aromatic carbocycles. The van der Waals surface area contributed by atoms with Crippen molar-refractivity contribution in [1.29, 1.82) is 0 Å². The van der Waals surface area contributed by atoms with Crippen LogP contribution in [0.1, 0.15) is 0 Å². The first-order chi connectivity index (χ1) is 34.3. The number of hydrogen-bond acceptors (Lipinski definition) is 3. The van der Waals surface area contributed by atoms with Gasteiger partial charge in [-0.3, -0.25) is 0 Å². The van der Waals surface area contributed by atoms with Crippen LogP contribution < -0.4 is 49.2 Å². The highest BCUT2D eigenvalue weighted by Crippen LogP contribution is 2.53. The predicted octanol–water partition coefficient (Wildman–Crippen LogP) is 8.86. The summed E-state index contributed by atoms with van der Waals surface area (Å²) >= 11 is 5.82. The fourth-order valence-electron chi connectivity index (χ4n) is 14.5. The molecule has 9 heteroatoms. The van der Waals surface area contributed by atoms with Gasteiger partial charge in [-0.1, -0.05) is 179 Å². The van der Waals surface area contributed by atoms with E-state index in [1.165, 1.54) is 161 Å². The molecule has 0 radical (unpaired) electrons. The largest absolute Gasteiger partial charge is 0.309 e. The summed E-state index contributed by atoms with van der Waals surface area (Å²) < 4.78 is 8.22. The van der Waals surface area contributed by atoms with E-state index >= 15 is 0 Å². The van der Waals surface area contributed by atoms with Crippen LogP contribution in [-0.4, -0.2) is 33.8 Å². The van der Waals surface area contributed by atoms with Gasteiger partial charge in [0.25, 0.3) is 0 Å². The minimum Gasteiger partial charge on any atom is -0.309 e. The second kappa shape index (κ2) is 12.2. The van der Waals surface area contributed by atoms with Gasteiger partial charge in [0.05, 0.1) is 27.6 Å². The Hall–Kier alpha value is -7.16. The second-order valence-electron chi connectivity index (χ2n) is 19.7. The maximum atomic E-state index is 2.74. The summed E-state index contributed by atoms with van der Waals surface area (Å²) in [6.07, 6.45) is 0. The van der Waals surface area contributed by atoms with Crippen molar-refractivity contribution in [2.24, 2.45) is 0 Å². The van der Waals surface area contributed by atoms with E-state index < -0.39 is 0 Å². The van der Waals surface area contributed by atoms with Gasteiger partial charge in [0.15, 0.2) is 0 Å². The van der Waals surface area contributed by atoms with Gasteiger partial charge in [0, 0.05) is 84.3 Å². The number of aromatic nitrogens is 3. The summed E-state index contributed by atoms with van der Waals surface area (Å²) in [5.41, 5.74) is 24.5. The average Bonchev–Trinajstić information content (AvgIpc) is 4.06. The lowest BCUT2D eigenvalue weighted by Crippen LogP contribution is -2.58. The van der Waals surface area contributed by atoms with Gasteiger partial charge in [0.1, 0.15) is 0 Å². The molecule has 9 heterocycles. The molecule has 0 atom stereocenters. The van der Waals surface area contributed by atoms with Crippen molar-refractivity contribution in [2.75, 3.05) is 0 Å². The molecule has 0 unspecified atom stereocenters. The molecular weight excluding hydrogens is 891 g/mol. The molecule has 3 nitrogen and oxygen atoms in total. The van der Waals surface area contributed by atoms with Crippen molar-refractivity contribution >= 4 is 170 Å². The lowest BCUT2D eigenvalue weighted by Gasteiger charge is -2.33. The highest BCUT2D eigenvalue weighted by Gasteiger charge is 2.45. The van der Waals surface area contributed by atoms with Crippen LogP contribution in [0.5, 0.6) is 0 Å². The minimum atomic E-state index is 0.135. The monoisotopic (exact) mass is 921 g/mol. The van der Waals surface area contributed by atoms with Crippen LogP contribution in [0.2, 0.25) is 0 Å². The summed E-state index contributed by atoms with van der Waals surface area (Å²) in [5, 5.41) is 8.02. The third-order valence-corrected chi connectivity index (χ3v) is 20.3. The zero-order chi connectivity index (χ0) is 44.1. The van der Waals surface area contributed by atoms with E-state index in [0.717, 1.165) is 0 Å². The Balaban J connectivity index is 1.11. The Morgan fingerprint density at radius 3 is 1.13 bits per heavy atom.